The first-order chi connectivity index (χ1) is 3.00. The zero-order valence-corrected chi connectivity index (χ0v) is 8.06. The first kappa shape index (κ1) is 10.9. The van der Waals surface area contributed by atoms with Crippen molar-refractivity contribution in [3.05, 3.63) is 30.6 Å². The summed E-state index contributed by atoms with van der Waals surface area (Å²) in [5.41, 5.74) is 0. The summed E-state index contributed by atoms with van der Waals surface area (Å²) in [5, 5.41) is 0. The minimum Gasteiger partial charge on any atom is -1.00 e. The Morgan fingerprint density at radius 3 is 1.75 bits per heavy atom. The Hall–Kier alpha value is 0.0634. The molecule has 0 aliphatic carbocycles. The monoisotopic (exact) mass is 177 g/mol. The molecule has 0 saturated carbocycles. The van der Waals surface area contributed by atoms with Crippen molar-refractivity contribution in [3.63, 3.8) is 0 Å². The molecule has 1 heterocycles. The third kappa shape index (κ3) is 4.23. The van der Waals surface area contributed by atoms with E-state index in [0.29, 0.717) is 0 Å². The maximum absolute atomic E-state index is 3.75. The van der Waals surface area contributed by atoms with Crippen LogP contribution in [0, 0.1) is 6.07 Å². The molecule has 1 aromatic heterocycles. The van der Waals surface area contributed by atoms with Crippen LogP contribution >= 0.6 is 0 Å². The van der Waals surface area contributed by atoms with Crippen LogP contribution in [-0.2, 0) is 19.5 Å². The Labute approximate surface area is 67.7 Å². The van der Waals surface area contributed by atoms with Gasteiger partial charge in [-0.05, 0) is 0 Å². The number of halogens is 1. The van der Waals surface area contributed by atoms with Crippen molar-refractivity contribution in [1.82, 2.24) is 4.98 Å². The van der Waals surface area contributed by atoms with Gasteiger partial charge >= 0.3 is 19.5 Å². The Bertz CT molecular complexity index is 84.4. The van der Waals surface area contributed by atoms with Gasteiger partial charge in [0.15, 0.2) is 0 Å². The van der Waals surface area contributed by atoms with Gasteiger partial charge in [0, 0.05) is 0 Å². The molecule has 0 atom stereocenters. The quantitative estimate of drug-likeness (QED) is 0.328. The molecule has 1 nitrogen and oxygen atoms in total. The average Bonchev–Trinajstić information content (AvgIpc) is 1.72. The molecule has 0 saturated heterocycles. The maximum atomic E-state index is 3.75. The summed E-state index contributed by atoms with van der Waals surface area (Å²) >= 11 is 0. The van der Waals surface area contributed by atoms with E-state index in [4.69, 9.17) is 0 Å². The Kier molecular flexibility index (Phi) is 9.66. The molecule has 0 radical (unpaired) electrons. The van der Waals surface area contributed by atoms with E-state index >= 15 is 0 Å². The van der Waals surface area contributed by atoms with Crippen molar-refractivity contribution in [3.8, 4) is 0 Å². The summed E-state index contributed by atoms with van der Waals surface area (Å²) in [5.74, 6) is 0. The molecule has 38 valence electrons. The minimum absolute atomic E-state index is 0. The fraction of sp³-hybridized carbons (Fsp3) is 0. The molecule has 8 heavy (non-hydrogen) atoms. The van der Waals surface area contributed by atoms with Crippen LogP contribution in [0.25, 0.3) is 0 Å². The second-order valence-corrected chi connectivity index (χ2v) is 0.947. The van der Waals surface area contributed by atoms with Crippen molar-refractivity contribution in [2.75, 3.05) is 0 Å². The van der Waals surface area contributed by atoms with Gasteiger partial charge in [0.2, 0.25) is 0 Å². The van der Waals surface area contributed by atoms with Crippen molar-refractivity contribution in [2.45, 2.75) is 0 Å². The van der Waals surface area contributed by atoms with Crippen LogP contribution in [-0.4, -0.2) is 4.98 Å². The number of pyridine rings is 1. The van der Waals surface area contributed by atoms with Gasteiger partial charge in [-0.1, -0.05) is 12.4 Å². The van der Waals surface area contributed by atoms with Gasteiger partial charge in [-0.2, -0.15) is 18.2 Å². The molecule has 0 fully saturated rings. The van der Waals surface area contributed by atoms with Crippen LogP contribution in [0.5, 0.6) is 0 Å². The number of nitrogens with zero attached hydrogens (tertiary/aromatic N) is 1. The van der Waals surface area contributed by atoms with Gasteiger partial charge in [-0.15, -0.1) is 0 Å². The summed E-state index contributed by atoms with van der Waals surface area (Å²) < 4.78 is 0. The van der Waals surface area contributed by atoms with E-state index in [0.717, 1.165) is 0 Å². The molecule has 0 spiro atoms. The average molecular weight is 179 g/mol. The van der Waals surface area contributed by atoms with E-state index in [9.17, 15) is 0 Å². The Balaban J connectivity index is 0. The molecule has 1 rings (SSSR count). The maximum Gasteiger partial charge on any atom is 2.00 e. The van der Waals surface area contributed by atoms with E-state index in [1.807, 2.05) is 0 Å². The fourth-order valence-electron chi connectivity index (χ4n) is 0.277. The Morgan fingerprint density at radius 2 is 1.62 bits per heavy atom. The topological polar surface area (TPSA) is 12.9 Å². The molecule has 1 aromatic rings. The van der Waals surface area contributed by atoms with Crippen LogP contribution < -0.4 is 12.4 Å². The van der Waals surface area contributed by atoms with Crippen LogP contribution in [0.15, 0.2) is 24.5 Å². The largest absolute Gasteiger partial charge is 2.00 e. The number of hydrogen-bond acceptors (Lipinski definition) is 1. The third-order valence-corrected chi connectivity index (χ3v) is 0.514. The predicted octanol–water partition coefficient (Wildman–Crippen LogP) is -2.12. The molecule has 0 amide bonds. The number of rotatable bonds is 0. The van der Waals surface area contributed by atoms with Gasteiger partial charge in [0.05, 0.1) is 0 Å². The van der Waals surface area contributed by atoms with Crippen LogP contribution in [0.2, 0.25) is 0 Å². The van der Waals surface area contributed by atoms with Gasteiger partial charge in [-0.25, -0.2) is 0 Å². The summed E-state index contributed by atoms with van der Waals surface area (Å²) in [6, 6.07) is 6.36. The number of hydrogen-bond donors (Lipinski definition) is 0. The molecule has 0 N–H and O–H groups in total. The second kappa shape index (κ2) is 7.06. The third-order valence-electron chi connectivity index (χ3n) is 0.514. The summed E-state index contributed by atoms with van der Waals surface area (Å²) in [4.78, 5) is 3.75. The molecular formula is C5H4ClNZn. The fourth-order valence-corrected chi connectivity index (χ4v) is 0.277. The summed E-state index contributed by atoms with van der Waals surface area (Å²) in [6.45, 7) is 0. The van der Waals surface area contributed by atoms with Gasteiger partial charge in [-0.3, -0.25) is 0 Å². The molecule has 0 bridgehead atoms. The SMILES string of the molecule is [Cl-].[Zn+2].[c-]1ccncc1. The molecule has 0 aliphatic rings. The van der Waals surface area contributed by atoms with E-state index in [1.165, 1.54) is 0 Å². The van der Waals surface area contributed by atoms with Crippen LogP contribution in [0.4, 0.5) is 0 Å². The summed E-state index contributed by atoms with van der Waals surface area (Å²) in [6.07, 6.45) is 3.39. The van der Waals surface area contributed by atoms with E-state index in [2.05, 4.69) is 11.1 Å². The van der Waals surface area contributed by atoms with E-state index in [1.54, 1.807) is 24.5 Å². The van der Waals surface area contributed by atoms with Crippen LogP contribution in [0.3, 0.4) is 0 Å². The first-order valence-electron chi connectivity index (χ1n) is 1.76. The van der Waals surface area contributed by atoms with Crippen LogP contribution in [0.1, 0.15) is 0 Å². The minimum atomic E-state index is 0. The van der Waals surface area contributed by atoms with Crippen molar-refractivity contribution >= 4 is 0 Å². The predicted molar refractivity (Wildman–Crippen MR) is 23.1 cm³/mol. The molecule has 0 unspecified atom stereocenters. The second-order valence-electron chi connectivity index (χ2n) is 0.947. The zero-order chi connectivity index (χ0) is 4.24. The Morgan fingerprint density at radius 1 is 1.12 bits per heavy atom. The van der Waals surface area contributed by atoms with Crippen molar-refractivity contribution < 1.29 is 31.9 Å². The first-order valence-corrected chi connectivity index (χ1v) is 1.76. The normalized spacial score (nSPS) is 6.00. The smallest absolute Gasteiger partial charge is 1.00 e. The molecule has 0 aliphatic heterocycles. The molecule has 3 heteroatoms. The van der Waals surface area contributed by atoms with E-state index < -0.39 is 0 Å². The van der Waals surface area contributed by atoms with Crippen molar-refractivity contribution in [1.29, 1.82) is 0 Å². The molecule has 0 aromatic carbocycles. The zero-order valence-electron chi connectivity index (χ0n) is 4.34. The van der Waals surface area contributed by atoms with E-state index in [-0.39, 0.29) is 31.9 Å². The molecular weight excluding hydrogens is 175 g/mol. The standard InChI is InChI=1S/C5H4N.ClH.Zn/c1-2-4-6-5-3-1;;/h2-5H;1H;/q-1;;+2/p-1. The van der Waals surface area contributed by atoms with Gasteiger partial charge in [0.25, 0.3) is 0 Å². The number of aromatic nitrogens is 1. The van der Waals surface area contributed by atoms with Gasteiger partial charge < -0.3 is 17.4 Å². The van der Waals surface area contributed by atoms with Gasteiger partial charge in [0.1, 0.15) is 0 Å². The van der Waals surface area contributed by atoms with Crippen molar-refractivity contribution in [2.24, 2.45) is 0 Å². The summed E-state index contributed by atoms with van der Waals surface area (Å²) in [7, 11) is 0.